The molecule has 2 atom stereocenters. The third-order valence-electron chi connectivity index (χ3n) is 7.88. The fourth-order valence-electron chi connectivity index (χ4n) is 5.75. The number of anilines is 1. The molecule has 2 aliphatic rings. The van der Waals surface area contributed by atoms with Gasteiger partial charge in [-0.25, -0.2) is 0 Å². The smallest absolute Gasteiger partial charge is 0.240 e. The highest BCUT2D eigenvalue weighted by Gasteiger charge is 2.39. The minimum Gasteiger partial charge on any atom is -0.497 e. The SMILES string of the molecule is COc1cc(CN[C@H]2C[C@@H](C(=O)N3CCN(c4ccccc4C#N)CC3)N(Cc3ccccc3)C2)cc(OC)c1. The van der Waals surface area contributed by atoms with E-state index in [1.165, 1.54) is 5.56 Å². The molecule has 40 heavy (non-hydrogen) atoms. The molecule has 0 bridgehead atoms. The van der Waals surface area contributed by atoms with Gasteiger partial charge in [0.15, 0.2) is 0 Å². The van der Waals surface area contributed by atoms with Crippen LogP contribution in [0.25, 0.3) is 0 Å². The van der Waals surface area contributed by atoms with Crippen LogP contribution in [-0.4, -0.2) is 74.7 Å². The minimum absolute atomic E-state index is 0.179. The third kappa shape index (κ3) is 6.39. The lowest BCUT2D eigenvalue weighted by atomic mass is 10.1. The molecule has 208 valence electrons. The fourth-order valence-corrected chi connectivity index (χ4v) is 5.75. The Balaban J connectivity index is 1.26. The van der Waals surface area contributed by atoms with E-state index in [-0.39, 0.29) is 18.0 Å². The van der Waals surface area contributed by atoms with Gasteiger partial charge < -0.3 is 24.6 Å². The molecule has 8 heteroatoms. The topological polar surface area (TPSA) is 81.1 Å². The van der Waals surface area contributed by atoms with Crippen molar-refractivity contribution in [2.24, 2.45) is 0 Å². The Bertz CT molecular complexity index is 1310. The van der Waals surface area contributed by atoms with Crippen molar-refractivity contribution in [3.8, 4) is 17.6 Å². The van der Waals surface area contributed by atoms with Crippen LogP contribution < -0.4 is 19.7 Å². The molecule has 3 aromatic rings. The number of ether oxygens (including phenoxy) is 2. The molecule has 2 aliphatic heterocycles. The van der Waals surface area contributed by atoms with Crippen molar-refractivity contribution in [1.29, 1.82) is 5.26 Å². The van der Waals surface area contributed by atoms with Crippen LogP contribution in [0.3, 0.4) is 0 Å². The number of nitrogens with one attached hydrogen (secondary N) is 1. The van der Waals surface area contributed by atoms with Crippen molar-refractivity contribution in [2.75, 3.05) is 51.8 Å². The second-order valence-corrected chi connectivity index (χ2v) is 10.4. The summed E-state index contributed by atoms with van der Waals surface area (Å²) in [5.41, 5.74) is 3.91. The maximum Gasteiger partial charge on any atom is 0.240 e. The van der Waals surface area contributed by atoms with Gasteiger partial charge in [0.05, 0.1) is 31.5 Å². The maximum absolute atomic E-state index is 13.9. The van der Waals surface area contributed by atoms with Gasteiger partial charge in [-0.15, -0.1) is 0 Å². The lowest BCUT2D eigenvalue weighted by Gasteiger charge is -2.38. The molecular weight excluding hydrogens is 502 g/mol. The van der Waals surface area contributed by atoms with Crippen molar-refractivity contribution >= 4 is 11.6 Å². The van der Waals surface area contributed by atoms with E-state index in [0.717, 1.165) is 55.3 Å². The zero-order valence-corrected chi connectivity index (χ0v) is 23.3. The fraction of sp³-hybridized carbons (Fsp3) is 0.375. The predicted octanol–water partition coefficient (Wildman–Crippen LogP) is 3.66. The summed E-state index contributed by atoms with van der Waals surface area (Å²) in [6, 6.07) is 26.2. The number of amides is 1. The molecule has 8 nitrogen and oxygen atoms in total. The second kappa shape index (κ2) is 12.9. The van der Waals surface area contributed by atoms with Gasteiger partial charge in [-0.2, -0.15) is 5.26 Å². The van der Waals surface area contributed by atoms with E-state index in [1.54, 1.807) is 14.2 Å². The molecule has 0 saturated carbocycles. The van der Waals surface area contributed by atoms with E-state index in [4.69, 9.17) is 9.47 Å². The van der Waals surface area contributed by atoms with Crippen LogP contribution in [0.4, 0.5) is 5.69 Å². The number of methoxy groups -OCH3 is 2. The van der Waals surface area contributed by atoms with Gasteiger partial charge in [-0.3, -0.25) is 9.69 Å². The minimum atomic E-state index is -0.185. The van der Waals surface area contributed by atoms with Crippen LogP contribution >= 0.6 is 0 Å². The standard InChI is InChI=1S/C32H37N5O3/c1-39-28-16-25(17-29(19-28)40-2)21-34-27-18-31(37(23-27)22-24-8-4-3-5-9-24)32(38)36-14-12-35(13-15-36)30-11-7-6-10-26(30)20-33/h3-11,16-17,19,27,31,34H,12-15,18,21-23H2,1-2H3/t27-,31-/m0/s1. The van der Waals surface area contributed by atoms with Gasteiger partial charge in [0, 0.05) is 57.9 Å². The molecule has 0 radical (unpaired) electrons. The lowest BCUT2D eigenvalue weighted by molar-refractivity contribution is -0.136. The van der Waals surface area contributed by atoms with Gasteiger partial charge >= 0.3 is 0 Å². The van der Waals surface area contributed by atoms with E-state index >= 15 is 0 Å². The van der Waals surface area contributed by atoms with Crippen molar-refractivity contribution < 1.29 is 14.3 Å². The molecule has 0 aromatic heterocycles. The second-order valence-electron chi connectivity index (χ2n) is 10.4. The Kier molecular flexibility index (Phi) is 8.84. The summed E-state index contributed by atoms with van der Waals surface area (Å²) in [7, 11) is 3.31. The zero-order valence-electron chi connectivity index (χ0n) is 23.3. The largest absolute Gasteiger partial charge is 0.497 e. The first-order valence-electron chi connectivity index (χ1n) is 13.8. The highest BCUT2D eigenvalue weighted by molar-refractivity contribution is 5.82. The van der Waals surface area contributed by atoms with E-state index in [9.17, 15) is 10.1 Å². The molecule has 0 spiro atoms. The van der Waals surface area contributed by atoms with Crippen LogP contribution in [-0.2, 0) is 17.9 Å². The Labute approximate surface area is 236 Å². The number of carbonyl (C=O) groups is 1. The molecule has 0 unspecified atom stereocenters. The van der Waals surface area contributed by atoms with E-state index < -0.39 is 0 Å². The number of carbonyl (C=O) groups excluding carboxylic acids is 1. The number of piperazine rings is 1. The monoisotopic (exact) mass is 539 g/mol. The van der Waals surface area contributed by atoms with E-state index in [0.29, 0.717) is 25.2 Å². The first kappa shape index (κ1) is 27.5. The molecule has 3 aromatic carbocycles. The van der Waals surface area contributed by atoms with Crippen LogP contribution in [0.15, 0.2) is 72.8 Å². The molecule has 1 N–H and O–H groups in total. The summed E-state index contributed by atoms with van der Waals surface area (Å²) in [5.74, 6) is 1.72. The zero-order chi connectivity index (χ0) is 27.9. The van der Waals surface area contributed by atoms with Crippen LogP contribution in [0.2, 0.25) is 0 Å². The van der Waals surface area contributed by atoms with Crippen LogP contribution in [0, 0.1) is 11.3 Å². The summed E-state index contributed by atoms with van der Waals surface area (Å²) < 4.78 is 10.9. The first-order valence-corrected chi connectivity index (χ1v) is 13.8. The van der Waals surface area contributed by atoms with Gasteiger partial charge in [0.2, 0.25) is 5.91 Å². The molecule has 1 amide bonds. The number of likely N-dealkylation sites (tertiary alicyclic amines) is 1. The number of rotatable bonds is 9. The van der Waals surface area contributed by atoms with E-state index in [2.05, 4.69) is 33.3 Å². The average Bonchev–Trinajstić information content (AvgIpc) is 3.42. The van der Waals surface area contributed by atoms with Crippen molar-refractivity contribution in [3.63, 3.8) is 0 Å². The molecular formula is C32H37N5O3. The molecule has 2 heterocycles. The summed E-state index contributed by atoms with van der Waals surface area (Å²) in [4.78, 5) is 20.4. The predicted molar refractivity (Wildman–Crippen MR) is 155 cm³/mol. The Morgan fingerprint density at radius 2 is 1.60 bits per heavy atom. The quantitative estimate of drug-likeness (QED) is 0.445. The maximum atomic E-state index is 13.9. The van der Waals surface area contributed by atoms with Crippen molar-refractivity contribution in [3.05, 3.63) is 89.5 Å². The van der Waals surface area contributed by atoms with Crippen LogP contribution in [0.1, 0.15) is 23.1 Å². The number of benzene rings is 3. The van der Waals surface area contributed by atoms with Gasteiger partial charge in [-0.1, -0.05) is 42.5 Å². The van der Waals surface area contributed by atoms with Gasteiger partial charge in [0.25, 0.3) is 0 Å². The third-order valence-corrected chi connectivity index (χ3v) is 7.88. The Hall–Kier alpha value is -4.06. The Morgan fingerprint density at radius 1 is 0.925 bits per heavy atom. The molecule has 2 fully saturated rings. The molecule has 2 saturated heterocycles. The summed E-state index contributed by atoms with van der Waals surface area (Å²) in [6.07, 6.45) is 0.754. The van der Waals surface area contributed by atoms with Gasteiger partial charge in [0.1, 0.15) is 17.6 Å². The Morgan fingerprint density at radius 3 is 2.27 bits per heavy atom. The average molecular weight is 540 g/mol. The van der Waals surface area contributed by atoms with Crippen molar-refractivity contribution in [2.45, 2.75) is 31.6 Å². The number of hydrogen-bond donors (Lipinski definition) is 1. The van der Waals surface area contributed by atoms with Gasteiger partial charge in [-0.05, 0) is 41.8 Å². The number of hydrogen-bond acceptors (Lipinski definition) is 7. The number of nitrogens with zero attached hydrogens (tertiary/aromatic N) is 4. The highest BCUT2D eigenvalue weighted by Crippen LogP contribution is 2.27. The first-order chi connectivity index (χ1) is 19.6. The molecule has 0 aliphatic carbocycles. The highest BCUT2D eigenvalue weighted by atomic mass is 16.5. The number of nitriles is 1. The summed E-state index contributed by atoms with van der Waals surface area (Å²) in [6.45, 7) is 4.92. The van der Waals surface area contributed by atoms with Crippen molar-refractivity contribution in [1.82, 2.24) is 15.1 Å². The lowest BCUT2D eigenvalue weighted by Crippen LogP contribution is -2.53. The van der Waals surface area contributed by atoms with Crippen LogP contribution in [0.5, 0.6) is 11.5 Å². The number of para-hydroxylation sites is 1. The van der Waals surface area contributed by atoms with E-state index in [1.807, 2.05) is 65.6 Å². The molecule has 5 rings (SSSR count). The summed E-state index contributed by atoms with van der Waals surface area (Å²) in [5, 5.41) is 13.2. The normalized spacial score (nSPS) is 19.3. The summed E-state index contributed by atoms with van der Waals surface area (Å²) >= 11 is 0.